The molecule has 1 aromatic heterocycles. The summed E-state index contributed by atoms with van der Waals surface area (Å²) in [4.78, 5) is 31.5. The average Bonchev–Trinajstić information content (AvgIpc) is 3.30. The number of aliphatic hydroxyl groups excluding tert-OH is 1. The fraction of sp³-hybridized carbons (Fsp3) is 0.522. The monoisotopic (exact) mass is 512 g/mol. The van der Waals surface area contributed by atoms with Crippen molar-refractivity contribution in [2.45, 2.75) is 56.2 Å². The zero-order valence-corrected chi connectivity index (χ0v) is 19.7. The molecule has 4 rings (SSSR count). The molecule has 0 unspecified atom stereocenters. The fourth-order valence-corrected chi connectivity index (χ4v) is 5.45. The maximum atomic E-state index is 12.8. The van der Waals surface area contributed by atoms with Gasteiger partial charge in [0.15, 0.2) is 0 Å². The molecule has 190 valence electrons. The smallest absolute Gasteiger partial charge is 0.391 e. The van der Waals surface area contributed by atoms with E-state index in [1.54, 1.807) is 6.20 Å². The Morgan fingerprint density at radius 1 is 1.23 bits per heavy atom. The van der Waals surface area contributed by atoms with Crippen LogP contribution in [0.15, 0.2) is 30.5 Å². The molecule has 0 radical (unpaired) electrons. The molecule has 4 N–H and O–H groups in total. The zero-order chi connectivity index (χ0) is 25.2. The van der Waals surface area contributed by atoms with Crippen LogP contribution in [0.3, 0.4) is 0 Å². The number of nitrogens with zero attached hydrogens (tertiary/aromatic N) is 2. The third kappa shape index (κ3) is 6.00. The topological polar surface area (TPSA) is 115 Å². The number of alkyl halides is 3. The molecule has 0 bridgehead atoms. The maximum Gasteiger partial charge on any atom is 0.416 e. The molecule has 35 heavy (non-hydrogen) atoms. The molecule has 2 aliphatic rings. The average molecular weight is 513 g/mol. The van der Waals surface area contributed by atoms with E-state index in [9.17, 15) is 33.0 Å². The van der Waals surface area contributed by atoms with Gasteiger partial charge in [-0.1, -0.05) is 6.07 Å². The first-order valence-corrected chi connectivity index (χ1v) is 12.2. The lowest BCUT2D eigenvalue weighted by atomic mass is 9.81. The number of halogens is 3. The third-order valence-corrected chi connectivity index (χ3v) is 7.72. The number of rotatable bonds is 7. The second kappa shape index (κ2) is 10.2. The molecular formula is C23H27F3N4O4S. The summed E-state index contributed by atoms with van der Waals surface area (Å²) in [5, 5.41) is 26.0. The highest BCUT2D eigenvalue weighted by atomic mass is 32.1. The molecule has 12 heteroatoms. The van der Waals surface area contributed by atoms with Crippen LogP contribution in [-0.2, 0) is 23.2 Å². The van der Waals surface area contributed by atoms with Crippen molar-refractivity contribution >= 4 is 23.2 Å². The van der Waals surface area contributed by atoms with E-state index in [2.05, 4.69) is 20.5 Å². The lowest BCUT2D eigenvalue weighted by molar-refractivity contribution is -0.137. The number of aromatic nitrogens is 1. The van der Waals surface area contributed by atoms with Gasteiger partial charge in [-0.25, -0.2) is 4.98 Å². The SMILES string of the molecule is O=C(CNC(=O)c1cccc(C(F)(F)F)c1)NC1CN([C@H]2CC[C@@](O)(c3ncc(CO)s3)CC2)C1. The Labute approximate surface area is 204 Å². The first-order chi connectivity index (χ1) is 16.6. The van der Waals surface area contributed by atoms with E-state index in [0.717, 1.165) is 35.9 Å². The van der Waals surface area contributed by atoms with Crippen molar-refractivity contribution < 1.29 is 33.0 Å². The molecule has 0 atom stereocenters. The Bertz CT molecular complexity index is 1060. The number of hydrogen-bond acceptors (Lipinski definition) is 7. The van der Waals surface area contributed by atoms with Crippen LogP contribution >= 0.6 is 11.3 Å². The number of thiazole rings is 1. The fourth-order valence-electron chi connectivity index (χ4n) is 4.54. The van der Waals surface area contributed by atoms with Crippen LogP contribution in [0.2, 0.25) is 0 Å². The van der Waals surface area contributed by atoms with E-state index in [0.29, 0.717) is 37.0 Å². The van der Waals surface area contributed by atoms with Crippen LogP contribution in [0.5, 0.6) is 0 Å². The number of hydrogen-bond donors (Lipinski definition) is 4. The van der Waals surface area contributed by atoms with Crippen molar-refractivity contribution in [3.05, 3.63) is 51.5 Å². The number of nitrogens with one attached hydrogen (secondary N) is 2. The summed E-state index contributed by atoms with van der Waals surface area (Å²) in [6.07, 6.45) is -0.230. The summed E-state index contributed by atoms with van der Waals surface area (Å²) in [7, 11) is 0. The highest BCUT2D eigenvalue weighted by molar-refractivity contribution is 7.11. The van der Waals surface area contributed by atoms with Gasteiger partial charge in [0.1, 0.15) is 10.6 Å². The van der Waals surface area contributed by atoms with Gasteiger partial charge >= 0.3 is 6.18 Å². The van der Waals surface area contributed by atoms with Crippen LogP contribution in [0, 0.1) is 0 Å². The highest BCUT2D eigenvalue weighted by Crippen LogP contribution is 2.41. The predicted octanol–water partition coefficient (Wildman–Crippen LogP) is 2.01. The zero-order valence-electron chi connectivity index (χ0n) is 18.8. The molecule has 1 aromatic carbocycles. The van der Waals surface area contributed by atoms with Crippen LogP contribution in [0.4, 0.5) is 13.2 Å². The van der Waals surface area contributed by atoms with Gasteiger partial charge in [0.2, 0.25) is 5.91 Å². The Morgan fingerprint density at radius 2 is 1.94 bits per heavy atom. The van der Waals surface area contributed by atoms with E-state index in [-0.39, 0.29) is 24.8 Å². The van der Waals surface area contributed by atoms with E-state index in [1.807, 2.05) is 0 Å². The van der Waals surface area contributed by atoms with Gasteiger partial charge in [-0.3, -0.25) is 14.5 Å². The number of amides is 2. The summed E-state index contributed by atoms with van der Waals surface area (Å²) in [6.45, 7) is 0.891. The van der Waals surface area contributed by atoms with Gasteiger partial charge in [-0.2, -0.15) is 13.2 Å². The maximum absolute atomic E-state index is 12.8. The number of likely N-dealkylation sites (tertiary alicyclic amines) is 1. The number of carbonyl (C=O) groups is 2. The normalized spacial score (nSPS) is 23.5. The van der Waals surface area contributed by atoms with Gasteiger partial charge in [-0.15, -0.1) is 11.3 Å². The molecular weight excluding hydrogens is 485 g/mol. The van der Waals surface area contributed by atoms with Crippen molar-refractivity contribution in [2.75, 3.05) is 19.6 Å². The minimum Gasteiger partial charge on any atom is -0.391 e. The van der Waals surface area contributed by atoms with E-state index < -0.39 is 29.2 Å². The Morgan fingerprint density at radius 3 is 2.57 bits per heavy atom. The van der Waals surface area contributed by atoms with Crippen molar-refractivity contribution in [3.8, 4) is 0 Å². The largest absolute Gasteiger partial charge is 0.416 e. The van der Waals surface area contributed by atoms with E-state index in [4.69, 9.17) is 0 Å². The summed E-state index contributed by atoms with van der Waals surface area (Å²) in [6, 6.07) is 4.27. The van der Waals surface area contributed by atoms with E-state index >= 15 is 0 Å². The lowest BCUT2D eigenvalue weighted by Crippen LogP contribution is -2.63. The third-order valence-electron chi connectivity index (χ3n) is 6.54. The molecule has 2 heterocycles. The molecule has 1 aliphatic heterocycles. The van der Waals surface area contributed by atoms with Gasteiger partial charge in [0.05, 0.1) is 29.6 Å². The van der Waals surface area contributed by atoms with Crippen molar-refractivity contribution in [3.63, 3.8) is 0 Å². The van der Waals surface area contributed by atoms with Gasteiger partial charge in [0, 0.05) is 30.9 Å². The number of aliphatic hydroxyl groups is 2. The first-order valence-electron chi connectivity index (χ1n) is 11.3. The Hall–Kier alpha value is -2.54. The van der Waals surface area contributed by atoms with E-state index in [1.165, 1.54) is 17.4 Å². The number of benzene rings is 1. The van der Waals surface area contributed by atoms with Crippen LogP contribution < -0.4 is 10.6 Å². The van der Waals surface area contributed by atoms with Crippen LogP contribution in [0.1, 0.15) is 51.5 Å². The summed E-state index contributed by atoms with van der Waals surface area (Å²) in [5.41, 5.74) is -2.05. The molecule has 2 amide bonds. The standard InChI is InChI=1S/C23H27F3N4O4S/c24-23(25,26)15-3-1-2-14(8-15)20(33)27-10-19(32)29-16-11-30(12-16)17-4-6-22(34,7-5-17)21-28-9-18(13-31)35-21/h1-3,8-9,16-17,31,34H,4-7,10-13H2,(H,27,33)(H,29,32)/t17-,22-. The summed E-state index contributed by atoms with van der Waals surface area (Å²) in [5.74, 6) is -1.15. The predicted molar refractivity (Wildman–Crippen MR) is 121 cm³/mol. The summed E-state index contributed by atoms with van der Waals surface area (Å²) < 4.78 is 38.4. The van der Waals surface area contributed by atoms with Gasteiger partial charge in [0.25, 0.3) is 5.91 Å². The second-order valence-electron chi connectivity index (χ2n) is 9.03. The van der Waals surface area contributed by atoms with Crippen LogP contribution in [0.25, 0.3) is 0 Å². The van der Waals surface area contributed by atoms with Gasteiger partial charge < -0.3 is 20.8 Å². The minimum absolute atomic E-state index is 0.0696. The summed E-state index contributed by atoms with van der Waals surface area (Å²) >= 11 is 1.33. The van der Waals surface area contributed by atoms with Crippen molar-refractivity contribution in [2.24, 2.45) is 0 Å². The molecule has 1 aliphatic carbocycles. The first kappa shape index (κ1) is 25.5. The second-order valence-corrected chi connectivity index (χ2v) is 10.1. The molecule has 8 nitrogen and oxygen atoms in total. The van der Waals surface area contributed by atoms with Crippen molar-refractivity contribution in [1.82, 2.24) is 20.5 Å². The molecule has 0 spiro atoms. The Balaban J connectivity index is 1.17. The molecule has 2 aromatic rings. The molecule has 1 saturated carbocycles. The molecule has 2 fully saturated rings. The molecule has 1 saturated heterocycles. The van der Waals surface area contributed by atoms with Crippen molar-refractivity contribution in [1.29, 1.82) is 0 Å². The quantitative estimate of drug-likeness (QED) is 0.451. The van der Waals surface area contributed by atoms with Gasteiger partial charge in [-0.05, 0) is 43.9 Å². The Kier molecular flexibility index (Phi) is 7.46. The lowest BCUT2D eigenvalue weighted by Gasteiger charge is -2.47. The van der Waals surface area contributed by atoms with Crippen LogP contribution in [-0.4, -0.2) is 63.6 Å². The number of carbonyl (C=O) groups excluding carboxylic acids is 2. The minimum atomic E-state index is -4.55. The highest BCUT2D eigenvalue weighted by Gasteiger charge is 2.41.